The first kappa shape index (κ1) is 14.3. The lowest BCUT2D eigenvalue weighted by molar-refractivity contribution is -0.115. The van der Waals surface area contributed by atoms with Gasteiger partial charge in [-0.15, -0.1) is 11.8 Å². The number of anilines is 2. The van der Waals surface area contributed by atoms with Crippen LogP contribution in [0.2, 0.25) is 0 Å². The van der Waals surface area contributed by atoms with Crippen molar-refractivity contribution in [2.24, 2.45) is 0 Å². The van der Waals surface area contributed by atoms with Gasteiger partial charge in [0.05, 0.1) is 6.20 Å². The third kappa shape index (κ3) is 4.24. The van der Waals surface area contributed by atoms with Gasteiger partial charge in [0.1, 0.15) is 5.03 Å². The molecule has 5 nitrogen and oxygen atoms in total. The van der Waals surface area contributed by atoms with Crippen LogP contribution in [0, 0.1) is 6.92 Å². The number of nitrogens with zero attached hydrogens (tertiary/aromatic N) is 2. The van der Waals surface area contributed by atoms with E-state index in [9.17, 15) is 4.79 Å². The van der Waals surface area contributed by atoms with Crippen molar-refractivity contribution in [2.45, 2.75) is 18.4 Å². The van der Waals surface area contributed by atoms with E-state index < -0.39 is 0 Å². The van der Waals surface area contributed by atoms with E-state index in [1.807, 2.05) is 19.1 Å². The van der Waals surface area contributed by atoms with Crippen LogP contribution in [0.25, 0.3) is 0 Å². The molecule has 2 aromatic rings. The molecule has 20 heavy (non-hydrogen) atoms. The Morgan fingerprint density at radius 2 is 2.25 bits per heavy atom. The Labute approximate surface area is 122 Å². The quantitative estimate of drug-likeness (QED) is 0.652. The summed E-state index contributed by atoms with van der Waals surface area (Å²) in [6.45, 7) is 1.93. The van der Waals surface area contributed by atoms with Crippen LogP contribution in [0.4, 0.5) is 11.4 Å². The topological polar surface area (TPSA) is 80.9 Å². The predicted molar refractivity (Wildman–Crippen MR) is 81.6 cm³/mol. The Morgan fingerprint density at radius 3 is 3.00 bits per heavy atom. The van der Waals surface area contributed by atoms with Gasteiger partial charge in [-0.3, -0.25) is 9.78 Å². The van der Waals surface area contributed by atoms with Crippen molar-refractivity contribution in [1.29, 1.82) is 0 Å². The molecule has 0 aliphatic rings. The van der Waals surface area contributed by atoms with Gasteiger partial charge in [0.25, 0.3) is 0 Å². The summed E-state index contributed by atoms with van der Waals surface area (Å²) >= 11 is 1.51. The fourth-order valence-corrected chi connectivity index (χ4v) is 2.36. The molecule has 0 aliphatic heterocycles. The number of carbonyl (C=O) groups is 1. The van der Waals surface area contributed by atoms with Crippen LogP contribution < -0.4 is 11.1 Å². The third-order valence-electron chi connectivity index (χ3n) is 2.65. The molecule has 2 rings (SSSR count). The van der Waals surface area contributed by atoms with Gasteiger partial charge < -0.3 is 11.1 Å². The molecule has 104 valence electrons. The Bertz CT molecular complexity index is 589. The van der Waals surface area contributed by atoms with Crippen LogP contribution >= 0.6 is 11.8 Å². The highest BCUT2D eigenvalue weighted by molar-refractivity contribution is 7.99. The van der Waals surface area contributed by atoms with Gasteiger partial charge in [0.15, 0.2) is 0 Å². The average molecular weight is 288 g/mol. The molecule has 0 aliphatic carbocycles. The van der Waals surface area contributed by atoms with Crippen LogP contribution in [-0.4, -0.2) is 21.6 Å². The molecule has 0 spiro atoms. The highest BCUT2D eigenvalue weighted by Gasteiger charge is 2.06. The second-order valence-corrected chi connectivity index (χ2v) is 5.38. The second kappa shape index (κ2) is 6.91. The minimum Gasteiger partial charge on any atom is -0.399 e. The van der Waals surface area contributed by atoms with Gasteiger partial charge in [-0.05, 0) is 24.6 Å². The molecule has 0 unspecified atom stereocenters. The number of amides is 1. The minimum atomic E-state index is -0.0323. The van der Waals surface area contributed by atoms with E-state index in [1.54, 1.807) is 24.7 Å². The lowest BCUT2D eigenvalue weighted by Gasteiger charge is -2.09. The zero-order valence-corrected chi connectivity index (χ0v) is 12.0. The first-order valence-electron chi connectivity index (χ1n) is 6.20. The van der Waals surface area contributed by atoms with Crippen LogP contribution in [0.3, 0.4) is 0 Å². The summed E-state index contributed by atoms with van der Waals surface area (Å²) in [4.78, 5) is 20.0. The van der Waals surface area contributed by atoms with E-state index in [0.717, 1.165) is 16.3 Å². The van der Waals surface area contributed by atoms with Gasteiger partial charge in [-0.1, -0.05) is 6.07 Å². The van der Waals surface area contributed by atoms with Crippen molar-refractivity contribution in [1.82, 2.24) is 9.97 Å². The number of aryl methyl sites for hydroxylation is 1. The monoisotopic (exact) mass is 288 g/mol. The molecule has 0 bridgehead atoms. The van der Waals surface area contributed by atoms with Gasteiger partial charge in [0.2, 0.25) is 5.91 Å². The molecular formula is C14H16N4OS. The van der Waals surface area contributed by atoms with E-state index in [4.69, 9.17) is 5.73 Å². The van der Waals surface area contributed by atoms with Crippen LogP contribution in [-0.2, 0) is 4.79 Å². The summed E-state index contributed by atoms with van der Waals surface area (Å²) in [5.74, 6) is 0.626. The van der Waals surface area contributed by atoms with Crippen molar-refractivity contribution < 1.29 is 4.79 Å². The number of hydrogen-bond acceptors (Lipinski definition) is 5. The van der Waals surface area contributed by atoms with Crippen molar-refractivity contribution in [2.75, 3.05) is 16.8 Å². The zero-order chi connectivity index (χ0) is 14.4. The number of benzene rings is 1. The van der Waals surface area contributed by atoms with Crippen LogP contribution in [0.5, 0.6) is 0 Å². The Morgan fingerprint density at radius 1 is 1.40 bits per heavy atom. The molecule has 0 saturated carbocycles. The summed E-state index contributed by atoms with van der Waals surface area (Å²) < 4.78 is 0. The molecule has 3 N–H and O–H groups in total. The summed E-state index contributed by atoms with van der Waals surface area (Å²) in [5.41, 5.74) is 8.11. The maximum atomic E-state index is 11.9. The van der Waals surface area contributed by atoms with Gasteiger partial charge in [0, 0.05) is 35.9 Å². The summed E-state index contributed by atoms with van der Waals surface area (Å²) in [6, 6.07) is 5.47. The highest BCUT2D eigenvalue weighted by atomic mass is 32.2. The molecule has 1 amide bonds. The van der Waals surface area contributed by atoms with E-state index in [-0.39, 0.29) is 5.91 Å². The average Bonchev–Trinajstić information content (AvgIpc) is 2.44. The SMILES string of the molecule is Cc1ccc(N)cc1NC(=O)CCSc1cnccn1. The molecule has 0 atom stereocenters. The van der Waals surface area contributed by atoms with Crippen molar-refractivity contribution in [3.63, 3.8) is 0 Å². The summed E-state index contributed by atoms with van der Waals surface area (Å²) in [5, 5.41) is 3.69. The fraction of sp³-hybridized carbons (Fsp3) is 0.214. The van der Waals surface area contributed by atoms with E-state index >= 15 is 0 Å². The number of nitrogens with one attached hydrogen (secondary N) is 1. The smallest absolute Gasteiger partial charge is 0.225 e. The van der Waals surface area contributed by atoms with E-state index in [0.29, 0.717) is 17.9 Å². The number of rotatable bonds is 5. The standard InChI is InChI=1S/C14H16N4OS/c1-10-2-3-11(15)8-12(10)18-13(19)4-7-20-14-9-16-5-6-17-14/h2-3,5-6,8-9H,4,7,15H2,1H3,(H,18,19). The number of hydrogen-bond donors (Lipinski definition) is 2. The lowest BCUT2D eigenvalue weighted by atomic mass is 10.2. The third-order valence-corrected chi connectivity index (χ3v) is 3.57. The van der Waals surface area contributed by atoms with Crippen LogP contribution in [0.1, 0.15) is 12.0 Å². The summed E-state index contributed by atoms with van der Waals surface area (Å²) in [6.07, 6.45) is 5.36. The number of carbonyl (C=O) groups excluding carboxylic acids is 1. The number of thioether (sulfide) groups is 1. The van der Waals surface area contributed by atoms with Crippen molar-refractivity contribution >= 4 is 29.0 Å². The van der Waals surface area contributed by atoms with Gasteiger partial charge in [-0.25, -0.2) is 4.98 Å². The molecule has 1 aromatic heterocycles. The molecule has 1 heterocycles. The number of nitrogens with two attached hydrogens (primary N) is 1. The first-order valence-corrected chi connectivity index (χ1v) is 7.18. The lowest BCUT2D eigenvalue weighted by Crippen LogP contribution is -2.13. The number of aromatic nitrogens is 2. The van der Waals surface area contributed by atoms with Crippen LogP contribution in [0.15, 0.2) is 41.8 Å². The second-order valence-electron chi connectivity index (χ2n) is 4.26. The van der Waals surface area contributed by atoms with E-state index in [2.05, 4.69) is 15.3 Å². The molecule has 0 saturated heterocycles. The maximum Gasteiger partial charge on any atom is 0.225 e. The van der Waals surface area contributed by atoms with Crippen molar-refractivity contribution in [3.8, 4) is 0 Å². The minimum absolute atomic E-state index is 0.0323. The predicted octanol–water partition coefficient (Wildman–Crippen LogP) is 2.49. The molecule has 6 heteroatoms. The van der Waals surface area contributed by atoms with Crippen molar-refractivity contribution in [3.05, 3.63) is 42.4 Å². The highest BCUT2D eigenvalue weighted by Crippen LogP contribution is 2.19. The molecule has 0 radical (unpaired) electrons. The number of nitrogen functional groups attached to an aromatic ring is 1. The molecule has 0 fully saturated rings. The van der Waals surface area contributed by atoms with Gasteiger partial charge >= 0.3 is 0 Å². The first-order chi connectivity index (χ1) is 9.65. The normalized spacial score (nSPS) is 10.2. The molecule has 1 aromatic carbocycles. The van der Waals surface area contributed by atoms with E-state index in [1.165, 1.54) is 11.8 Å². The molecular weight excluding hydrogens is 272 g/mol. The maximum absolute atomic E-state index is 11.9. The Kier molecular flexibility index (Phi) is 4.95. The van der Waals surface area contributed by atoms with Gasteiger partial charge in [-0.2, -0.15) is 0 Å². The zero-order valence-electron chi connectivity index (χ0n) is 11.2. The summed E-state index contributed by atoms with van der Waals surface area (Å²) in [7, 11) is 0. The largest absolute Gasteiger partial charge is 0.399 e. The Hall–Kier alpha value is -2.08. The Balaban J connectivity index is 1.82. The fourth-order valence-electron chi connectivity index (χ4n) is 1.60.